The summed E-state index contributed by atoms with van der Waals surface area (Å²) in [6.45, 7) is 0.298. The van der Waals surface area contributed by atoms with E-state index < -0.39 is 5.92 Å². The van der Waals surface area contributed by atoms with E-state index in [0.717, 1.165) is 0 Å². The van der Waals surface area contributed by atoms with Crippen molar-refractivity contribution in [2.45, 2.75) is 31.6 Å². The lowest BCUT2D eigenvalue weighted by atomic mass is 10.1. The number of hydrogen-bond donors (Lipinski definition) is 0. The molecule has 1 rings (SSSR count). The fourth-order valence-electron chi connectivity index (χ4n) is 1.42. The SMILES string of the molecule is C#CCCC(=O)N1CCC(F)(F)CC1. The molecule has 1 heterocycles. The highest BCUT2D eigenvalue weighted by Crippen LogP contribution is 2.27. The first-order valence-corrected chi connectivity index (χ1v) is 4.64. The first kappa shape index (κ1) is 11.0. The smallest absolute Gasteiger partial charge is 0.251 e. The molecule has 0 N–H and O–H groups in total. The summed E-state index contributed by atoms with van der Waals surface area (Å²) in [4.78, 5) is 12.8. The minimum absolute atomic E-state index is 0.113. The molecule has 0 aromatic heterocycles. The quantitative estimate of drug-likeness (QED) is 0.622. The maximum absolute atomic E-state index is 12.7. The van der Waals surface area contributed by atoms with E-state index in [2.05, 4.69) is 5.92 Å². The second-order valence-electron chi connectivity index (χ2n) is 3.44. The van der Waals surface area contributed by atoms with Crippen molar-refractivity contribution >= 4 is 5.91 Å². The third-order valence-corrected chi connectivity index (χ3v) is 2.33. The second kappa shape index (κ2) is 4.41. The molecule has 0 spiro atoms. The van der Waals surface area contributed by atoms with Gasteiger partial charge in [-0.3, -0.25) is 4.79 Å². The van der Waals surface area contributed by atoms with E-state index in [0.29, 0.717) is 6.42 Å². The van der Waals surface area contributed by atoms with Crippen LogP contribution in [0.3, 0.4) is 0 Å². The number of nitrogens with zero attached hydrogens (tertiary/aromatic N) is 1. The lowest BCUT2D eigenvalue weighted by Gasteiger charge is -2.31. The molecule has 1 saturated heterocycles. The van der Waals surface area contributed by atoms with Crippen LogP contribution >= 0.6 is 0 Å². The van der Waals surface area contributed by atoms with Crippen molar-refractivity contribution < 1.29 is 13.6 Å². The van der Waals surface area contributed by atoms with Gasteiger partial charge >= 0.3 is 0 Å². The van der Waals surface area contributed by atoms with Gasteiger partial charge < -0.3 is 4.90 Å². The number of alkyl halides is 2. The maximum Gasteiger partial charge on any atom is 0.251 e. The number of likely N-dealkylation sites (tertiary alicyclic amines) is 1. The monoisotopic (exact) mass is 201 g/mol. The normalized spacial score (nSPS) is 20.2. The number of rotatable bonds is 2. The zero-order chi connectivity index (χ0) is 10.6. The summed E-state index contributed by atoms with van der Waals surface area (Å²) < 4.78 is 25.4. The van der Waals surface area contributed by atoms with Crippen molar-refractivity contribution in [1.29, 1.82) is 0 Å². The van der Waals surface area contributed by atoms with Crippen LogP contribution in [-0.4, -0.2) is 29.8 Å². The first-order valence-electron chi connectivity index (χ1n) is 4.64. The molecule has 14 heavy (non-hydrogen) atoms. The molecule has 0 unspecified atom stereocenters. The fraction of sp³-hybridized carbons (Fsp3) is 0.700. The second-order valence-corrected chi connectivity index (χ2v) is 3.44. The van der Waals surface area contributed by atoms with Gasteiger partial charge in [-0.15, -0.1) is 12.3 Å². The minimum Gasteiger partial charge on any atom is -0.342 e. The highest BCUT2D eigenvalue weighted by Gasteiger charge is 2.35. The van der Waals surface area contributed by atoms with E-state index in [4.69, 9.17) is 6.42 Å². The Kier molecular flexibility index (Phi) is 3.45. The number of amides is 1. The van der Waals surface area contributed by atoms with Gasteiger partial charge in [0.2, 0.25) is 5.91 Å². The third-order valence-electron chi connectivity index (χ3n) is 2.33. The van der Waals surface area contributed by atoms with Crippen molar-refractivity contribution in [2.24, 2.45) is 0 Å². The van der Waals surface area contributed by atoms with Crippen LogP contribution < -0.4 is 0 Å². The lowest BCUT2D eigenvalue weighted by molar-refractivity contribution is -0.137. The molecule has 4 heteroatoms. The van der Waals surface area contributed by atoms with E-state index in [-0.39, 0.29) is 38.3 Å². The Balaban J connectivity index is 2.35. The number of terminal acetylenes is 1. The average Bonchev–Trinajstić information content (AvgIpc) is 2.14. The van der Waals surface area contributed by atoms with Crippen LogP contribution in [0.4, 0.5) is 8.78 Å². The van der Waals surface area contributed by atoms with Crippen molar-refractivity contribution in [3.63, 3.8) is 0 Å². The van der Waals surface area contributed by atoms with Gasteiger partial charge in [0.1, 0.15) is 0 Å². The van der Waals surface area contributed by atoms with E-state index in [9.17, 15) is 13.6 Å². The van der Waals surface area contributed by atoms with Crippen LogP contribution in [0.2, 0.25) is 0 Å². The van der Waals surface area contributed by atoms with Crippen molar-refractivity contribution in [2.75, 3.05) is 13.1 Å². The van der Waals surface area contributed by atoms with Crippen molar-refractivity contribution in [1.82, 2.24) is 4.90 Å². The Morgan fingerprint density at radius 1 is 1.43 bits per heavy atom. The summed E-state index contributed by atoms with van der Waals surface area (Å²) in [7, 11) is 0. The molecule has 2 nitrogen and oxygen atoms in total. The maximum atomic E-state index is 12.7. The third kappa shape index (κ3) is 2.99. The summed E-state index contributed by atoms with van der Waals surface area (Å²) in [6, 6.07) is 0. The summed E-state index contributed by atoms with van der Waals surface area (Å²) in [6.07, 6.45) is 5.20. The van der Waals surface area contributed by atoms with Gasteiger partial charge in [0.15, 0.2) is 0 Å². The Hall–Kier alpha value is -1.11. The fourth-order valence-corrected chi connectivity index (χ4v) is 1.42. The minimum atomic E-state index is -2.59. The van der Waals surface area contributed by atoms with Crippen molar-refractivity contribution in [3.05, 3.63) is 0 Å². The summed E-state index contributed by atoms with van der Waals surface area (Å²) in [5, 5.41) is 0. The molecule has 0 radical (unpaired) electrons. The van der Waals surface area contributed by atoms with E-state index >= 15 is 0 Å². The largest absolute Gasteiger partial charge is 0.342 e. The molecule has 1 aliphatic heterocycles. The molecular weight excluding hydrogens is 188 g/mol. The van der Waals surface area contributed by atoms with Gasteiger partial charge in [-0.1, -0.05) is 0 Å². The molecule has 1 aliphatic rings. The standard InChI is InChI=1S/C10H13F2NO/c1-2-3-4-9(14)13-7-5-10(11,12)6-8-13/h1H,3-8H2. The molecule has 1 fully saturated rings. The molecule has 0 atom stereocenters. The Bertz CT molecular complexity index is 247. The molecule has 0 aliphatic carbocycles. The molecule has 0 bridgehead atoms. The number of carbonyl (C=O) groups is 1. The number of carbonyl (C=O) groups excluding carboxylic acids is 1. The molecule has 1 amide bonds. The Morgan fingerprint density at radius 3 is 2.50 bits per heavy atom. The zero-order valence-electron chi connectivity index (χ0n) is 7.93. The highest BCUT2D eigenvalue weighted by atomic mass is 19.3. The van der Waals surface area contributed by atoms with Crippen LogP contribution in [0, 0.1) is 12.3 Å². The summed E-state index contributed by atoms with van der Waals surface area (Å²) in [5.41, 5.74) is 0. The van der Waals surface area contributed by atoms with Crippen molar-refractivity contribution in [3.8, 4) is 12.3 Å². The van der Waals surface area contributed by atoms with Gasteiger partial charge in [0.25, 0.3) is 5.92 Å². The number of piperidine rings is 1. The topological polar surface area (TPSA) is 20.3 Å². The first-order chi connectivity index (χ1) is 6.55. The molecular formula is C10H13F2NO. The van der Waals surface area contributed by atoms with Crippen LogP contribution in [0.1, 0.15) is 25.7 Å². The molecule has 78 valence electrons. The van der Waals surface area contributed by atoms with Gasteiger partial charge in [-0.05, 0) is 0 Å². The van der Waals surface area contributed by atoms with Crippen LogP contribution in [0.15, 0.2) is 0 Å². The Labute approximate surface area is 82.3 Å². The Morgan fingerprint density at radius 2 is 2.00 bits per heavy atom. The van der Waals surface area contributed by atoms with Crippen LogP contribution in [0.25, 0.3) is 0 Å². The average molecular weight is 201 g/mol. The lowest BCUT2D eigenvalue weighted by Crippen LogP contribution is -2.42. The molecule has 0 saturated carbocycles. The van der Waals surface area contributed by atoms with Crippen LogP contribution in [0.5, 0.6) is 0 Å². The predicted molar refractivity (Wildman–Crippen MR) is 48.8 cm³/mol. The number of halogens is 2. The number of hydrogen-bond acceptors (Lipinski definition) is 1. The van der Waals surface area contributed by atoms with Gasteiger partial charge in [-0.25, -0.2) is 8.78 Å². The highest BCUT2D eigenvalue weighted by molar-refractivity contribution is 5.76. The molecule has 0 aromatic carbocycles. The van der Waals surface area contributed by atoms with Gasteiger partial charge in [0, 0.05) is 38.8 Å². The van der Waals surface area contributed by atoms with Gasteiger partial charge in [-0.2, -0.15) is 0 Å². The summed E-state index contributed by atoms with van der Waals surface area (Å²) >= 11 is 0. The predicted octanol–water partition coefficient (Wildman–Crippen LogP) is 1.66. The van der Waals surface area contributed by atoms with E-state index in [1.165, 1.54) is 4.90 Å². The van der Waals surface area contributed by atoms with E-state index in [1.54, 1.807) is 0 Å². The zero-order valence-corrected chi connectivity index (χ0v) is 7.93. The molecule has 0 aromatic rings. The van der Waals surface area contributed by atoms with Crippen LogP contribution in [-0.2, 0) is 4.79 Å². The van der Waals surface area contributed by atoms with E-state index in [1.807, 2.05) is 0 Å². The summed E-state index contributed by atoms with van der Waals surface area (Å²) in [5.74, 6) is -0.349. The van der Waals surface area contributed by atoms with Gasteiger partial charge in [0.05, 0.1) is 0 Å².